The lowest BCUT2D eigenvalue weighted by Gasteiger charge is -2.39. The van der Waals surface area contributed by atoms with Gasteiger partial charge in [0.05, 0.1) is 17.8 Å². The summed E-state index contributed by atoms with van der Waals surface area (Å²) in [5.74, 6) is 0.0906. The zero-order valence-corrected chi connectivity index (χ0v) is 20.2. The first-order valence-electron chi connectivity index (χ1n) is 11.2. The second-order valence-electron chi connectivity index (χ2n) is 8.56. The fourth-order valence-electron chi connectivity index (χ4n) is 4.25. The van der Waals surface area contributed by atoms with Gasteiger partial charge >= 0.3 is 0 Å². The number of hydrogen-bond donors (Lipinski definition) is 4. The molecule has 4 heterocycles. The number of nitrogens with two attached hydrogens (primary N) is 1. The van der Waals surface area contributed by atoms with Gasteiger partial charge in [0, 0.05) is 27.2 Å². The van der Waals surface area contributed by atoms with Gasteiger partial charge in [-0.25, -0.2) is 9.97 Å². The number of nitrogen functional groups attached to an aromatic ring is 1. The van der Waals surface area contributed by atoms with E-state index in [0.29, 0.717) is 44.1 Å². The number of hydrogen-bond acceptors (Lipinski definition) is 9. The van der Waals surface area contributed by atoms with Crippen LogP contribution in [0.5, 0.6) is 0 Å². The number of aliphatic imine (C=N–C) groups is 1. The fraction of sp³-hybridized carbons (Fsp3) is 0.524. The van der Waals surface area contributed by atoms with Crippen molar-refractivity contribution in [2.75, 3.05) is 37.7 Å². The highest BCUT2D eigenvalue weighted by Gasteiger charge is 2.40. The third-order valence-corrected chi connectivity index (χ3v) is 6.43. The van der Waals surface area contributed by atoms with E-state index in [-0.39, 0.29) is 33.9 Å². The number of nitrogens with zero attached hydrogens (tertiary/aromatic N) is 6. The molecule has 4 rings (SSSR count). The number of anilines is 2. The van der Waals surface area contributed by atoms with Crippen LogP contribution in [0.1, 0.15) is 52.9 Å². The van der Waals surface area contributed by atoms with Gasteiger partial charge in [-0.05, 0) is 25.3 Å². The van der Waals surface area contributed by atoms with Crippen LogP contribution in [0.4, 0.5) is 11.6 Å². The van der Waals surface area contributed by atoms with Crippen LogP contribution in [0.2, 0.25) is 5.15 Å². The van der Waals surface area contributed by atoms with E-state index in [1.807, 2.05) is 11.0 Å². The van der Waals surface area contributed by atoms with Crippen molar-refractivity contribution in [3.63, 3.8) is 0 Å². The van der Waals surface area contributed by atoms with Gasteiger partial charge in [0.15, 0.2) is 28.4 Å². The van der Waals surface area contributed by atoms with Crippen LogP contribution in [-0.2, 0) is 13.5 Å². The largest absolute Gasteiger partial charge is 0.381 e. The van der Waals surface area contributed by atoms with Crippen molar-refractivity contribution in [3.8, 4) is 0 Å². The monoisotopic (exact) mass is 488 g/mol. The highest BCUT2D eigenvalue weighted by Crippen LogP contribution is 2.27. The molecule has 2 amide bonds. The maximum Gasteiger partial charge on any atom is 0.280 e. The Hall–Kier alpha value is -3.41. The summed E-state index contributed by atoms with van der Waals surface area (Å²) >= 11 is 5.94. The normalized spacial score (nSPS) is 16.8. The number of aryl methyl sites for hydroxylation is 2. The summed E-state index contributed by atoms with van der Waals surface area (Å²) in [4.78, 5) is 40.2. The molecule has 1 spiro atoms. The van der Waals surface area contributed by atoms with E-state index in [4.69, 9.17) is 17.3 Å². The topological polar surface area (TPSA) is 155 Å². The SMILES string of the molecule is CCCc1cc(C(=O)N2CCC3(CC2)CN=C(NC(=O)c2nc(Cl)c(N)nc2NC)N3)n(C)n1. The van der Waals surface area contributed by atoms with Crippen LogP contribution in [0.15, 0.2) is 11.1 Å². The molecule has 34 heavy (non-hydrogen) atoms. The number of likely N-dealkylation sites (tertiary alicyclic amines) is 1. The van der Waals surface area contributed by atoms with Crippen LogP contribution in [0.25, 0.3) is 0 Å². The van der Waals surface area contributed by atoms with Gasteiger partial charge < -0.3 is 21.3 Å². The second kappa shape index (κ2) is 9.45. The molecule has 0 radical (unpaired) electrons. The Morgan fingerprint density at radius 3 is 2.71 bits per heavy atom. The highest BCUT2D eigenvalue weighted by atomic mass is 35.5. The Balaban J connectivity index is 1.35. The molecular weight excluding hydrogens is 460 g/mol. The first-order valence-corrected chi connectivity index (χ1v) is 11.6. The van der Waals surface area contributed by atoms with Gasteiger partial charge in [0.25, 0.3) is 11.8 Å². The number of aromatic nitrogens is 4. The third kappa shape index (κ3) is 4.63. The van der Waals surface area contributed by atoms with Crippen molar-refractivity contribution in [3.05, 3.63) is 28.3 Å². The Morgan fingerprint density at radius 1 is 1.29 bits per heavy atom. The molecule has 182 valence electrons. The summed E-state index contributed by atoms with van der Waals surface area (Å²) in [5.41, 5.74) is 6.91. The summed E-state index contributed by atoms with van der Waals surface area (Å²) in [6.07, 6.45) is 3.24. The second-order valence-corrected chi connectivity index (χ2v) is 8.92. The van der Waals surface area contributed by atoms with Crippen molar-refractivity contribution < 1.29 is 9.59 Å². The van der Waals surface area contributed by atoms with E-state index >= 15 is 0 Å². The third-order valence-electron chi connectivity index (χ3n) is 6.15. The lowest BCUT2D eigenvalue weighted by Crippen LogP contribution is -2.57. The number of rotatable bonds is 5. The van der Waals surface area contributed by atoms with Gasteiger partial charge in [-0.3, -0.25) is 24.6 Å². The van der Waals surface area contributed by atoms with Gasteiger partial charge in [-0.2, -0.15) is 5.10 Å². The van der Waals surface area contributed by atoms with Gasteiger partial charge in [-0.1, -0.05) is 24.9 Å². The summed E-state index contributed by atoms with van der Waals surface area (Å²) in [7, 11) is 3.41. The van der Waals surface area contributed by atoms with Gasteiger partial charge in [0.1, 0.15) is 5.69 Å². The first-order chi connectivity index (χ1) is 16.2. The quantitative estimate of drug-likeness (QED) is 0.481. The highest BCUT2D eigenvalue weighted by molar-refractivity contribution is 6.31. The number of amides is 2. The molecule has 0 bridgehead atoms. The predicted octanol–water partition coefficient (Wildman–Crippen LogP) is 0.804. The molecule has 2 aliphatic heterocycles. The van der Waals surface area contributed by atoms with Crippen molar-refractivity contribution in [1.29, 1.82) is 0 Å². The molecule has 0 saturated carbocycles. The van der Waals surface area contributed by atoms with Gasteiger partial charge in [-0.15, -0.1) is 0 Å². The van der Waals surface area contributed by atoms with Crippen LogP contribution in [0.3, 0.4) is 0 Å². The summed E-state index contributed by atoms with van der Waals surface area (Å²) in [5, 5.41) is 13.3. The Labute approximate surface area is 202 Å². The van der Waals surface area contributed by atoms with Crippen LogP contribution < -0.4 is 21.7 Å². The number of carbonyl (C=O) groups excluding carboxylic acids is 2. The van der Waals surface area contributed by atoms with Crippen LogP contribution in [-0.4, -0.2) is 74.6 Å². The predicted molar refractivity (Wildman–Crippen MR) is 129 cm³/mol. The zero-order valence-electron chi connectivity index (χ0n) is 19.5. The number of carbonyl (C=O) groups is 2. The maximum absolute atomic E-state index is 13.0. The molecule has 0 aliphatic carbocycles. The van der Waals surface area contributed by atoms with Crippen LogP contribution in [0, 0.1) is 0 Å². The maximum atomic E-state index is 13.0. The lowest BCUT2D eigenvalue weighted by molar-refractivity contribution is 0.0657. The minimum atomic E-state index is -0.506. The lowest BCUT2D eigenvalue weighted by atomic mass is 9.88. The Kier molecular flexibility index (Phi) is 6.60. The molecule has 0 unspecified atom stereocenters. The molecule has 2 aliphatic rings. The molecule has 1 saturated heterocycles. The number of nitrogens with one attached hydrogen (secondary N) is 3. The number of halogens is 1. The summed E-state index contributed by atoms with van der Waals surface area (Å²) < 4.78 is 1.66. The summed E-state index contributed by atoms with van der Waals surface area (Å²) in [6, 6.07) is 1.88. The molecule has 0 atom stereocenters. The summed E-state index contributed by atoms with van der Waals surface area (Å²) in [6.45, 7) is 3.76. The minimum Gasteiger partial charge on any atom is -0.381 e. The minimum absolute atomic E-state index is 0.0157. The van der Waals surface area contributed by atoms with Crippen molar-refractivity contribution >= 4 is 41.0 Å². The van der Waals surface area contributed by atoms with Crippen molar-refractivity contribution in [1.82, 2.24) is 35.3 Å². The molecule has 0 aromatic carbocycles. The Bertz CT molecular complexity index is 1140. The molecule has 12 nitrogen and oxygen atoms in total. The molecule has 2 aromatic heterocycles. The number of guanidine groups is 1. The van der Waals surface area contributed by atoms with E-state index < -0.39 is 5.91 Å². The van der Waals surface area contributed by atoms with E-state index in [9.17, 15) is 9.59 Å². The fourth-order valence-corrected chi connectivity index (χ4v) is 4.37. The van der Waals surface area contributed by atoms with Crippen molar-refractivity contribution in [2.24, 2.45) is 12.0 Å². The van der Waals surface area contributed by atoms with Crippen LogP contribution >= 0.6 is 11.6 Å². The Morgan fingerprint density at radius 2 is 2.03 bits per heavy atom. The van der Waals surface area contributed by atoms with E-state index in [0.717, 1.165) is 18.5 Å². The standard InChI is InChI=1S/C21H29ClN10O2/c1-4-5-12-10-13(31(3)30-12)19(34)32-8-6-21(7-9-32)11-25-20(29-21)28-18(33)14-17(24-2)27-16(23)15(22)26-14/h10H,4-9,11H2,1-3H3,(H3,23,24,27)(H2,25,28,29,33). The molecule has 2 aromatic rings. The number of piperidine rings is 1. The molecular formula is C21H29ClN10O2. The first kappa shape index (κ1) is 23.7. The van der Waals surface area contributed by atoms with Gasteiger partial charge in [0.2, 0.25) is 0 Å². The van der Waals surface area contributed by atoms with E-state index in [1.165, 1.54) is 0 Å². The smallest absolute Gasteiger partial charge is 0.280 e. The zero-order chi connectivity index (χ0) is 24.5. The van der Waals surface area contributed by atoms with E-state index in [1.54, 1.807) is 18.8 Å². The average molecular weight is 489 g/mol. The molecule has 5 N–H and O–H groups in total. The molecule has 13 heteroatoms. The van der Waals surface area contributed by atoms with Crippen molar-refractivity contribution in [2.45, 2.75) is 38.1 Å². The molecule has 1 fully saturated rings. The average Bonchev–Trinajstić information content (AvgIpc) is 3.38. The van der Waals surface area contributed by atoms with E-state index in [2.05, 4.69) is 42.9 Å².